The Bertz CT molecular complexity index is 954. The van der Waals surface area contributed by atoms with Crippen LogP contribution < -0.4 is 10.6 Å². The zero-order valence-corrected chi connectivity index (χ0v) is 16.2. The molecule has 0 saturated carbocycles. The third-order valence-corrected chi connectivity index (χ3v) is 4.85. The standard InChI is InChI=1S/C20H18ClN3O2S/c1-13(25)23-17-7-5-14(6-8-17)11-19(26)24-20-22-12-18(27-20)10-15-3-2-4-16(21)9-15/h2-9,12H,10-11H2,1H3,(H,23,25)(H,22,24,26). The maximum Gasteiger partial charge on any atom is 0.230 e. The molecular weight excluding hydrogens is 382 g/mol. The average Bonchev–Trinajstić information content (AvgIpc) is 3.03. The summed E-state index contributed by atoms with van der Waals surface area (Å²) in [6, 6.07) is 14.9. The molecule has 0 atom stereocenters. The number of benzene rings is 2. The summed E-state index contributed by atoms with van der Waals surface area (Å²) in [5.41, 5.74) is 2.66. The van der Waals surface area contributed by atoms with Crippen LogP contribution in [0.15, 0.2) is 54.7 Å². The summed E-state index contributed by atoms with van der Waals surface area (Å²) in [4.78, 5) is 28.6. The molecule has 1 aromatic heterocycles. The fraction of sp³-hybridized carbons (Fsp3) is 0.150. The van der Waals surface area contributed by atoms with Crippen LogP contribution in [0.4, 0.5) is 10.8 Å². The highest BCUT2D eigenvalue weighted by atomic mass is 35.5. The highest BCUT2D eigenvalue weighted by Crippen LogP contribution is 2.22. The van der Waals surface area contributed by atoms with Gasteiger partial charge < -0.3 is 10.6 Å². The van der Waals surface area contributed by atoms with Crippen LogP contribution in [0.3, 0.4) is 0 Å². The lowest BCUT2D eigenvalue weighted by molar-refractivity contribution is -0.116. The van der Waals surface area contributed by atoms with E-state index >= 15 is 0 Å². The van der Waals surface area contributed by atoms with Crippen molar-refractivity contribution < 1.29 is 9.59 Å². The van der Waals surface area contributed by atoms with Crippen molar-refractivity contribution in [2.75, 3.05) is 10.6 Å². The predicted octanol–water partition coefficient (Wildman–Crippen LogP) is 4.53. The molecular formula is C20H18ClN3O2S. The minimum absolute atomic E-state index is 0.127. The molecule has 0 saturated heterocycles. The van der Waals surface area contributed by atoms with Gasteiger partial charge in [0.15, 0.2) is 5.13 Å². The van der Waals surface area contributed by atoms with Crippen LogP contribution in [0, 0.1) is 0 Å². The molecule has 0 bridgehead atoms. The Labute approximate surface area is 166 Å². The van der Waals surface area contributed by atoms with Crippen molar-refractivity contribution in [3.63, 3.8) is 0 Å². The number of nitrogens with one attached hydrogen (secondary N) is 2. The maximum absolute atomic E-state index is 12.2. The van der Waals surface area contributed by atoms with E-state index in [-0.39, 0.29) is 18.2 Å². The minimum atomic E-state index is -0.133. The molecule has 2 amide bonds. The van der Waals surface area contributed by atoms with Crippen molar-refractivity contribution in [3.05, 3.63) is 75.8 Å². The fourth-order valence-corrected chi connectivity index (χ4v) is 3.63. The summed E-state index contributed by atoms with van der Waals surface area (Å²) >= 11 is 7.45. The number of hydrogen-bond acceptors (Lipinski definition) is 4. The second-order valence-electron chi connectivity index (χ2n) is 6.04. The molecule has 3 aromatic rings. The van der Waals surface area contributed by atoms with Crippen LogP contribution >= 0.6 is 22.9 Å². The monoisotopic (exact) mass is 399 g/mol. The van der Waals surface area contributed by atoms with E-state index in [9.17, 15) is 9.59 Å². The van der Waals surface area contributed by atoms with Crippen LogP contribution in [0.2, 0.25) is 5.02 Å². The number of amides is 2. The molecule has 3 rings (SSSR count). The molecule has 0 aliphatic carbocycles. The van der Waals surface area contributed by atoms with Crippen LogP contribution in [0.1, 0.15) is 22.9 Å². The normalized spacial score (nSPS) is 10.4. The molecule has 2 aromatic carbocycles. The van der Waals surface area contributed by atoms with Gasteiger partial charge in [0.25, 0.3) is 0 Å². The van der Waals surface area contributed by atoms with Gasteiger partial charge in [-0.05, 0) is 35.4 Å². The van der Waals surface area contributed by atoms with Crippen molar-refractivity contribution in [2.45, 2.75) is 19.8 Å². The van der Waals surface area contributed by atoms with Gasteiger partial charge in [-0.2, -0.15) is 0 Å². The molecule has 2 N–H and O–H groups in total. The molecule has 0 unspecified atom stereocenters. The highest BCUT2D eigenvalue weighted by Gasteiger charge is 2.09. The van der Waals surface area contributed by atoms with Gasteiger partial charge in [0, 0.05) is 35.1 Å². The smallest absolute Gasteiger partial charge is 0.230 e. The van der Waals surface area contributed by atoms with Gasteiger partial charge in [-0.15, -0.1) is 11.3 Å². The molecule has 27 heavy (non-hydrogen) atoms. The number of halogens is 1. The van der Waals surface area contributed by atoms with E-state index in [0.717, 1.165) is 22.4 Å². The second kappa shape index (κ2) is 8.79. The molecule has 0 aliphatic heterocycles. The Kier molecular flexibility index (Phi) is 6.21. The lowest BCUT2D eigenvalue weighted by Crippen LogP contribution is -2.14. The molecule has 7 heteroatoms. The minimum Gasteiger partial charge on any atom is -0.326 e. The molecule has 138 valence electrons. The highest BCUT2D eigenvalue weighted by molar-refractivity contribution is 7.15. The first-order valence-corrected chi connectivity index (χ1v) is 9.53. The molecule has 0 fully saturated rings. The molecule has 5 nitrogen and oxygen atoms in total. The van der Waals surface area contributed by atoms with E-state index in [1.165, 1.54) is 18.3 Å². The van der Waals surface area contributed by atoms with Crippen LogP contribution in [-0.2, 0) is 22.4 Å². The third kappa shape index (κ3) is 5.91. The zero-order valence-electron chi connectivity index (χ0n) is 14.7. The number of hydrogen-bond donors (Lipinski definition) is 2. The Morgan fingerprint density at radius 1 is 1.07 bits per heavy atom. The Morgan fingerprint density at radius 3 is 2.56 bits per heavy atom. The topological polar surface area (TPSA) is 71.1 Å². The summed E-state index contributed by atoms with van der Waals surface area (Å²) < 4.78 is 0. The van der Waals surface area contributed by atoms with Gasteiger partial charge in [0.2, 0.25) is 11.8 Å². The quantitative estimate of drug-likeness (QED) is 0.639. The van der Waals surface area contributed by atoms with Crippen molar-refractivity contribution >= 4 is 45.6 Å². The van der Waals surface area contributed by atoms with Gasteiger partial charge in [-0.25, -0.2) is 4.98 Å². The van der Waals surface area contributed by atoms with E-state index in [0.29, 0.717) is 15.8 Å². The number of carbonyl (C=O) groups excluding carboxylic acids is 2. The average molecular weight is 400 g/mol. The number of thiazole rings is 1. The number of carbonyl (C=O) groups is 2. The zero-order chi connectivity index (χ0) is 19.2. The number of anilines is 2. The molecule has 1 heterocycles. The van der Waals surface area contributed by atoms with E-state index in [1.807, 2.05) is 36.4 Å². The van der Waals surface area contributed by atoms with Gasteiger partial charge in [-0.1, -0.05) is 35.9 Å². The van der Waals surface area contributed by atoms with Crippen molar-refractivity contribution in [3.8, 4) is 0 Å². The van der Waals surface area contributed by atoms with Crippen LogP contribution in [0.25, 0.3) is 0 Å². The summed E-state index contributed by atoms with van der Waals surface area (Å²) in [6.45, 7) is 1.45. The lowest BCUT2D eigenvalue weighted by Gasteiger charge is -2.05. The van der Waals surface area contributed by atoms with E-state index in [2.05, 4.69) is 15.6 Å². The Hall–Kier alpha value is -2.70. The number of rotatable bonds is 6. The Morgan fingerprint density at radius 2 is 1.85 bits per heavy atom. The maximum atomic E-state index is 12.2. The van der Waals surface area contributed by atoms with Gasteiger partial charge >= 0.3 is 0 Å². The van der Waals surface area contributed by atoms with Crippen LogP contribution in [-0.4, -0.2) is 16.8 Å². The van der Waals surface area contributed by atoms with Crippen molar-refractivity contribution in [1.82, 2.24) is 4.98 Å². The fourth-order valence-electron chi connectivity index (χ4n) is 2.55. The molecule has 0 spiro atoms. The van der Waals surface area contributed by atoms with E-state index in [4.69, 9.17) is 11.6 Å². The number of nitrogens with zero attached hydrogens (tertiary/aromatic N) is 1. The molecule has 0 aliphatic rings. The number of aromatic nitrogens is 1. The lowest BCUT2D eigenvalue weighted by atomic mass is 10.1. The second-order valence-corrected chi connectivity index (χ2v) is 7.59. The first kappa shape index (κ1) is 19.1. The first-order chi connectivity index (χ1) is 13.0. The van der Waals surface area contributed by atoms with Gasteiger partial charge in [-0.3, -0.25) is 9.59 Å². The Balaban J connectivity index is 1.55. The predicted molar refractivity (Wildman–Crippen MR) is 109 cm³/mol. The summed E-state index contributed by atoms with van der Waals surface area (Å²) in [5, 5.41) is 6.80. The van der Waals surface area contributed by atoms with Gasteiger partial charge in [0.1, 0.15) is 0 Å². The van der Waals surface area contributed by atoms with Gasteiger partial charge in [0.05, 0.1) is 6.42 Å². The summed E-state index contributed by atoms with van der Waals surface area (Å²) in [5.74, 6) is -0.260. The van der Waals surface area contributed by atoms with Crippen LogP contribution in [0.5, 0.6) is 0 Å². The van der Waals surface area contributed by atoms with E-state index < -0.39 is 0 Å². The SMILES string of the molecule is CC(=O)Nc1ccc(CC(=O)Nc2ncc(Cc3cccc(Cl)c3)s2)cc1. The largest absolute Gasteiger partial charge is 0.326 e. The summed E-state index contributed by atoms with van der Waals surface area (Å²) in [7, 11) is 0. The first-order valence-electron chi connectivity index (χ1n) is 8.33. The van der Waals surface area contributed by atoms with Crippen molar-refractivity contribution in [2.24, 2.45) is 0 Å². The third-order valence-electron chi connectivity index (χ3n) is 3.71. The summed E-state index contributed by atoms with van der Waals surface area (Å²) in [6.07, 6.45) is 2.73. The van der Waals surface area contributed by atoms with Crippen molar-refractivity contribution in [1.29, 1.82) is 0 Å². The van der Waals surface area contributed by atoms with E-state index in [1.54, 1.807) is 18.3 Å². The molecule has 0 radical (unpaired) electrons.